The molecular weight excluding hydrogens is 392 g/mol. The molecule has 1 aromatic carbocycles. The highest BCUT2D eigenvalue weighted by Gasteiger charge is 2.27. The Morgan fingerprint density at radius 1 is 1.11 bits per heavy atom. The van der Waals surface area contributed by atoms with Crippen LogP contribution < -0.4 is 5.32 Å². The van der Waals surface area contributed by atoms with E-state index in [2.05, 4.69) is 10.3 Å². The summed E-state index contributed by atoms with van der Waals surface area (Å²) in [5.41, 5.74) is 2.45. The summed E-state index contributed by atoms with van der Waals surface area (Å²) in [4.78, 5) is 16.2. The van der Waals surface area contributed by atoms with Crippen LogP contribution in [0.1, 0.15) is 43.2 Å². The molecular formula is C21H26N2O3S2. The van der Waals surface area contributed by atoms with Crippen molar-refractivity contribution in [1.82, 2.24) is 4.98 Å². The third-order valence-corrected chi connectivity index (χ3v) is 8.09. The average molecular weight is 419 g/mol. The van der Waals surface area contributed by atoms with Crippen LogP contribution in [0.15, 0.2) is 48.8 Å². The summed E-state index contributed by atoms with van der Waals surface area (Å²) in [6.07, 6.45) is 8.18. The molecule has 3 rings (SSSR count). The highest BCUT2D eigenvalue weighted by molar-refractivity contribution is 7.99. The Bertz CT molecular complexity index is 880. The van der Waals surface area contributed by atoms with Gasteiger partial charge in [0.15, 0.2) is 9.84 Å². The Balaban J connectivity index is 1.51. The Morgan fingerprint density at radius 2 is 1.89 bits per heavy atom. The van der Waals surface area contributed by atoms with Gasteiger partial charge in [0.2, 0.25) is 5.91 Å². The van der Waals surface area contributed by atoms with E-state index in [9.17, 15) is 13.2 Å². The fourth-order valence-electron chi connectivity index (χ4n) is 3.46. The first kappa shape index (κ1) is 20.9. The monoisotopic (exact) mass is 418 g/mol. The Kier molecular flexibility index (Phi) is 7.50. The second kappa shape index (κ2) is 10.1. The molecule has 1 fully saturated rings. The van der Waals surface area contributed by atoms with Gasteiger partial charge in [-0.3, -0.25) is 9.78 Å². The Labute approximate surface area is 171 Å². The highest BCUT2D eigenvalue weighted by Crippen LogP contribution is 2.26. The lowest BCUT2D eigenvalue weighted by Crippen LogP contribution is -2.25. The zero-order chi connectivity index (χ0) is 19.8. The SMILES string of the molecule is O=C(CSCc1cccnc1)Nc1cccc(CS(=O)(=O)C2CCCCC2)c1. The van der Waals surface area contributed by atoms with Crippen molar-refractivity contribution < 1.29 is 13.2 Å². The van der Waals surface area contributed by atoms with Crippen molar-refractivity contribution in [2.24, 2.45) is 0 Å². The first-order chi connectivity index (χ1) is 13.5. The van der Waals surface area contributed by atoms with E-state index in [1.807, 2.05) is 18.2 Å². The molecule has 1 aromatic heterocycles. The fraction of sp³-hybridized carbons (Fsp3) is 0.429. The Morgan fingerprint density at radius 3 is 2.64 bits per heavy atom. The number of benzene rings is 1. The van der Waals surface area contributed by atoms with Gasteiger partial charge in [0.05, 0.1) is 16.8 Å². The maximum absolute atomic E-state index is 12.7. The van der Waals surface area contributed by atoms with Crippen LogP contribution in [-0.2, 0) is 26.1 Å². The predicted molar refractivity (Wildman–Crippen MR) is 115 cm³/mol. The van der Waals surface area contributed by atoms with Crippen molar-refractivity contribution in [3.63, 3.8) is 0 Å². The number of carbonyl (C=O) groups is 1. The van der Waals surface area contributed by atoms with Gasteiger partial charge in [-0.05, 0) is 42.2 Å². The summed E-state index contributed by atoms with van der Waals surface area (Å²) in [5, 5.41) is 2.64. The van der Waals surface area contributed by atoms with E-state index in [0.29, 0.717) is 11.4 Å². The van der Waals surface area contributed by atoms with Gasteiger partial charge < -0.3 is 5.32 Å². The van der Waals surface area contributed by atoms with Gasteiger partial charge in [-0.2, -0.15) is 0 Å². The number of pyridine rings is 1. The second-order valence-corrected chi connectivity index (χ2v) is 10.4. The summed E-state index contributed by atoms with van der Waals surface area (Å²) in [6.45, 7) is 0. The van der Waals surface area contributed by atoms with E-state index >= 15 is 0 Å². The third kappa shape index (κ3) is 6.34. The largest absolute Gasteiger partial charge is 0.325 e. The zero-order valence-electron chi connectivity index (χ0n) is 15.8. The van der Waals surface area contributed by atoms with Crippen LogP contribution in [0.3, 0.4) is 0 Å². The molecule has 1 amide bonds. The normalized spacial score (nSPS) is 15.3. The molecule has 0 unspecified atom stereocenters. The number of anilines is 1. The van der Waals surface area contributed by atoms with Crippen molar-refractivity contribution in [2.45, 2.75) is 48.9 Å². The quantitative estimate of drug-likeness (QED) is 0.695. The molecule has 1 aliphatic rings. The van der Waals surface area contributed by atoms with E-state index in [1.54, 1.807) is 30.6 Å². The highest BCUT2D eigenvalue weighted by atomic mass is 32.2. The minimum absolute atomic E-state index is 0.0388. The number of thioether (sulfide) groups is 1. The standard InChI is InChI=1S/C21H26N2O3S2/c24-21(15-27-14-18-7-5-11-22-13-18)23-19-8-4-6-17(12-19)16-28(25,26)20-9-2-1-3-10-20/h4-8,11-13,20H,1-3,9-10,14-16H2,(H,23,24). The second-order valence-electron chi connectivity index (χ2n) is 7.17. The summed E-state index contributed by atoms with van der Waals surface area (Å²) in [5.74, 6) is 0.999. The molecule has 0 spiro atoms. The number of nitrogens with zero attached hydrogens (tertiary/aromatic N) is 1. The van der Waals surface area contributed by atoms with Crippen LogP contribution in [-0.4, -0.2) is 30.3 Å². The van der Waals surface area contributed by atoms with E-state index < -0.39 is 9.84 Å². The average Bonchev–Trinajstić information content (AvgIpc) is 2.69. The molecule has 28 heavy (non-hydrogen) atoms. The maximum atomic E-state index is 12.7. The predicted octanol–water partition coefficient (Wildman–Crippen LogP) is 4.20. The number of aromatic nitrogens is 1. The van der Waals surface area contributed by atoms with Crippen molar-refractivity contribution in [3.05, 3.63) is 59.9 Å². The van der Waals surface area contributed by atoms with Crippen LogP contribution >= 0.6 is 11.8 Å². The molecule has 1 N–H and O–H groups in total. The van der Waals surface area contributed by atoms with Crippen molar-refractivity contribution in [1.29, 1.82) is 0 Å². The van der Waals surface area contributed by atoms with Crippen LogP contribution in [0.2, 0.25) is 0 Å². The number of sulfone groups is 1. The topological polar surface area (TPSA) is 76.1 Å². The van der Waals surface area contributed by atoms with Gasteiger partial charge in [0, 0.05) is 23.8 Å². The third-order valence-electron chi connectivity index (χ3n) is 4.86. The number of nitrogens with one attached hydrogen (secondary N) is 1. The lowest BCUT2D eigenvalue weighted by molar-refractivity contribution is -0.113. The van der Waals surface area contributed by atoms with Crippen LogP contribution in [0.25, 0.3) is 0 Å². The molecule has 0 radical (unpaired) electrons. The molecule has 1 saturated carbocycles. The summed E-state index contributed by atoms with van der Waals surface area (Å²) in [6, 6.07) is 11.0. The number of hydrogen-bond donors (Lipinski definition) is 1. The van der Waals surface area contributed by atoms with Gasteiger partial charge in [0.25, 0.3) is 0 Å². The minimum Gasteiger partial charge on any atom is -0.325 e. The zero-order valence-corrected chi connectivity index (χ0v) is 17.5. The first-order valence-corrected chi connectivity index (χ1v) is 12.5. The van der Waals surface area contributed by atoms with E-state index in [-0.39, 0.29) is 16.9 Å². The van der Waals surface area contributed by atoms with E-state index in [1.165, 1.54) is 11.8 Å². The molecule has 0 bridgehead atoms. The molecule has 7 heteroatoms. The van der Waals surface area contributed by atoms with Gasteiger partial charge in [-0.15, -0.1) is 11.8 Å². The fourth-order valence-corrected chi connectivity index (χ4v) is 6.15. The first-order valence-electron chi connectivity index (χ1n) is 9.60. The van der Waals surface area contributed by atoms with Crippen molar-refractivity contribution in [3.8, 4) is 0 Å². The molecule has 1 aliphatic carbocycles. The van der Waals surface area contributed by atoms with E-state index in [4.69, 9.17) is 0 Å². The van der Waals surface area contributed by atoms with Gasteiger partial charge in [0.1, 0.15) is 0 Å². The molecule has 0 saturated heterocycles. The lowest BCUT2D eigenvalue weighted by Gasteiger charge is -2.21. The molecule has 0 aliphatic heterocycles. The van der Waals surface area contributed by atoms with E-state index in [0.717, 1.165) is 49.0 Å². The Hall–Kier alpha value is -1.86. The van der Waals surface area contributed by atoms with Gasteiger partial charge in [-0.1, -0.05) is 37.5 Å². The molecule has 2 aromatic rings. The molecule has 1 heterocycles. The smallest absolute Gasteiger partial charge is 0.234 e. The van der Waals surface area contributed by atoms with Gasteiger partial charge in [-0.25, -0.2) is 8.42 Å². The number of carbonyl (C=O) groups excluding carboxylic acids is 1. The lowest BCUT2D eigenvalue weighted by atomic mass is 10.0. The maximum Gasteiger partial charge on any atom is 0.234 e. The van der Waals surface area contributed by atoms with Gasteiger partial charge >= 0.3 is 0 Å². The van der Waals surface area contributed by atoms with Crippen LogP contribution in [0.4, 0.5) is 5.69 Å². The molecule has 5 nitrogen and oxygen atoms in total. The van der Waals surface area contributed by atoms with Crippen LogP contribution in [0, 0.1) is 0 Å². The molecule has 0 atom stereocenters. The van der Waals surface area contributed by atoms with Crippen molar-refractivity contribution >= 4 is 33.2 Å². The summed E-state index contributed by atoms with van der Waals surface area (Å²) < 4.78 is 25.3. The van der Waals surface area contributed by atoms with Crippen molar-refractivity contribution in [2.75, 3.05) is 11.1 Å². The minimum atomic E-state index is -3.15. The summed E-state index contributed by atoms with van der Waals surface area (Å²) in [7, 11) is -3.15. The number of amides is 1. The number of rotatable bonds is 8. The summed E-state index contributed by atoms with van der Waals surface area (Å²) >= 11 is 1.52. The van der Waals surface area contributed by atoms with Crippen LogP contribution in [0.5, 0.6) is 0 Å². The number of hydrogen-bond acceptors (Lipinski definition) is 5. The molecule has 150 valence electrons.